The fraction of sp³-hybridized carbons (Fsp3) is 0.0909. The van der Waals surface area contributed by atoms with Crippen LogP contribution in [0.2, 0.25) is 0 Å². The van der Waals surface area contributed by atoms with Crippen LogP contribution in [0, 0.1) is 0 Å². The average molecular weight is 184 g/mol. The minimum absolute atomic E-state index is 0.0304. The molecule has 0 atom stereocenters. The summed E-state index contributed by atoms with van der Waals surface area (Å²) in [4.78, 5) is 15.6. The first kappa shape index (κ1) is 7.50. The molecule has 14 heavy (non-hydrogen) atoms. The number of hydrogen-bond acceptors (Lipinski definition) is 2. The van der Waals surface area contributed by atoms with Crippen molar-refractivity contribution >= 4 is 22.5 Å². The molecule has 2 aromatic rings. The maximum Gasteiger partial charge on any atom is 0.230 e. The number of amides is 1. The lowest BCUT2D eigenvalue weighted by Crippen LogP contribution is -2.03. The Morgan fingerprint density at radius 1 is 1.29 bits per heavy atom. The van der Waals surface area contributed by atoms with Gasteiger partial charge < -0.3 is 5.32 Å². The molecular formula is C11H8N2O. The molecule has 1 aliphatic heterocycles. The van der Waals surface area contributed by atoms with Gasteiger partial charge in [-0.15, -0.1) is 0 Å². The Labute approximate surface area is 80.8 Å². The molecule has 3 rings (SSSR count). The first-order chi connectivity index (χ1) is 6.83. The highest BCUT2D eigenvalue weighted by molar-refractivity contribution is 6.00. The zero-order chi connectivity index (χ0) is 9.54. The van der Waals surface area contributed by atoms with Crippen molar-refractivity contribution in [2.45, 2.75) is 6.42 Å². The van der Waals surface area contributed by atoms with E-state index in [0.717, 1.165) is 22.3 Å². The van der Waals surface area contributed by atoms with Gasteiger partial charge in [-0.25, -0.2) is 0 Å². The molecule has 0 aliphatic carbocycles. The number of anilines is 1. The number of pyridine rings is 1. The number of carbonyl (C=O) groups is 1. The Kier molecular flexibility index (Phi) is 1.36. The molecule has 0 saturated heterocycles. The maximum absolute atomic E-state index is 11.1. The smallest absolute Gasteiger partial charge is 0.230 e. The number of hydrogen-bond donors (Lipinski definition) is 1. The third kappa shape index (κ3) is 0.988. The van der Waals surface area contributed by atoms with E-state index in [4.69, 9.17) is 0 Å². The zero-order valence-electron chi connectivity index (χ0n) is 7.45. The monoisotopic (exact) mass is 184 g/mol. The van der Waals surface area contributed by atoms with Crippen molar-refractivity contribution in [1.82, 2.24) is 4.98 Å². The highest BCUT2D eigenvalue weighted by atomic mass is 16.1. The Morgan fingerprint density at radius 2 is 2.14 bits per heavy atom. The molecule has 68 valence electrons. The van der Waals surface area contributed by atoms with E-state index in [-0.39, 0.29) is 5.91 Å². The predicted molar refractivity (Wildman–Crippen MR) is 54.1 cm³/mol. The van der Waals surface area contributed by atoms with E-state index >= 15 is 0 Å². The molecule has 0 unspecified atom stereocenters. The standard InChI is InChI=1S/C11H8N2O/c14-11-6-10-9(13-11)5-7-3-1-2-4-8(7)12-10/h1-5H,6H2,(H,13,14). The van der Waals surface area contributed by atoms with E-state index in [0.29, 0.717) is 6.42 Å². The number of rotatable bonds is 0. The molecule has 0 spiro atoms. The molecule has 1 aliphatic rings. The van der Waals surface area contributed by atoms with E-state index < -0.39 is 0 Å². The lowest BCUT2D eigenvalue weighted by molar-refractivity contribution is -0.115. The topological polar surface area (TPSA) is 42.0 Å². The molecule has 1 amide bonds. The molecule has 0 bridgehead atoms. The molecule has 1 aromatic heterocycles. The molecule has 3 nitrogen and oxygen atoms in total. The highest BCUT2D eigenvalue weighted by Crippen LogP contribution is 2.25. The Bertz CT molecular complexity index is 487. The first-order valence-corrected chi connectivity index (χ1v) is 4.51. The second kappa shape index (κ2) is 2.54. The number of carbonyl (C=O) groups excluding carboxylic acids is 1. The van der Waals surface area contributed by atoms with Crippen molar-refractivity contribution in [2.75, 3.05) is 5.32 Å². The second-order valence-corrected chi connectivity index (χ2v) is 3.40. The van der Waals surface area contributed by atoms with Gasteiger partial charge in [-0.3, -0.25) is 9.78 Å². The largest absolute Gasteiger partial charge is 0.324 e. The molecular weight excluding hydrogens is 176 g/mol. The SMILES string of the molecule is O=C1Cc2nc3ccccc3cc2N1. The normalized spacial score (nSPS) is 14.1. The Morgan fingerprint density at radius 3 is 3.07 bits per heavy atom. The van der Waals surface area contributed by atoms with Gasteiger partial charge in [0.15, 0.2) is 0 Å². The van der Waals surface area contributed by atoms with Gasteiger partial charge in [-0.1, -0.05) is 18.2 Å². The third-order valence-corrected chi connectivity index (χ3v) is 2.40. The van der Waals surface area contributed by atoms with Crippen LogP contribution in [0.25, 0.3) is 10.9 Å². The van der Waals surface area contributed by atoms with Crippen LogP contribution in [0.3, 0.4) is 0 Å². The van der Waals surface area contributed by atoms with Gasteiger partial charge in [0.1, 0.15) is 0 Å². The number of nitrogens with one attached hydrogen (secondary N) is 1. The molecule has 2 heterocycles. The van der Waals surface area contributed by atoms with Crippen LogP contribution < -0.4 is 5.32 Å². The molecule has 0 saturated carbocycles. The van der Waals surface area contributed by atoms with Crippen molar-refractivity contribution in [3.8, 4) is 0 Å². The van der Waals surface area contributed by atoms with Crippen LogP contribution in [0.4, 0.5) is 5.69 Å². The molecule has 0 radical (unpaired) electrons. The fourth-order valence-corrected chi connectivity index (χ4v) is 1.75. The molecule has 1 N–H and O–H groups in total. The highest BCUT2D eigenvalue weighted by Gasteiger charge is 2.19. The minimum Gasteiger partial charge on any atom is -0.324 e. The average Bonchev–Trinajstić information content (AvgIpc) is 2.53. The van der Waals surface area contributed by atoms with Crippen molar-refractivity contribution in [2.24, 2.45) is 0 Å². The summed E-state index contributed by atoms with van der Waals surface area (Å²) in [5.41, 5.74) is 2.66. The second-order valence-electron chi connectivity index (χ2n) is 3.40. The van der Waals surface area contributed by atoms with Crippen LogP contribution in [0.15, 0.2) is 30.3 Å². The van der Waals surface area contributed by atoms with Gasteiger partial charge >= 0.3 is 0 Å². The summed E-state index contributed by atoms with van der Waals surface area (Å²) in [6.45, 7) is 0. The van der Waals surface area contributed by atoms with Gasteiger partial charge in [0, 0.05) is 5.39 Å². The summed E-state index contributed by atoms with van der Waals surface area (Å²) in [5, 5.41) is 3.85. The van der Waals surface area contributed by atoms with Crippen molar-refractivity contribution in [1.29, 1.82) is 0 Å². The van der Waals surface area contributed by atoms with Gasteiger partial charge in [0.2, 0.25) is 5.91 Å². The number of benzene rings is 1. The molecule has 3 heteroatoms. The fourth-order valence-electron chi connectivity index (χ4n) is 1.75. The van der Waals surface area contributed by atoms with Crippen molar-refractivity contribution in [3.63, 3.8) is 0 Å². The van der Waals surface area contributed by atoms with Gasteiger partial charge in [0.05, 0.1) is 23.3 Å². The van der Waals surface area contributed by atoms with Gasteiger partial charge in [-0.05, 0) is 12.1 Å². The zero-order valence-corrected chi connectivity index (χ0v) is 7.45. The van der Waals surface area contributed by atoms with E-state index in [9.17, 15) is 4.79 Å². The van der Waals surface area contributed by atoms with Crippen LogP contribution in [-0.4, -0.2) is 10.9 Å². The van der Waals surface area contributed by atoms with Gasteiger partial charge in [0.25, 0.3) is 0 Å². The van der Waals surface area contributed by atoms with Crippen LogP contribution in [-0.2, 0) is 11.2 Å². The predicted octanol–water partition coefficient (Wildman–Crippen LogP) is 1.73. The van der Waals surface area contributed by atoms with E-state index in [1.54, 1.807) is 0 Å². The van der Waals surface area contributed by atoms with Crippen molar-refractivity contribution < 1.29 is 4.79 Å². The third-order valence-electron chi connectivity index (χ3n) is 2.40. The summed E-state index contributed by atoms with van der Waals surface area (Å²) in [5.74, 6) is 0.0304. The van der Waals surface area contributed by atoms with Crippen LogP contribution in [0.1, 0.15) is 5.69 Å². The number of aromatic nitrogens is 1. The molecule has 0 fully saturated rings. The van der Waals surface area contributed by atoms with E-state index in [1.165, 1.54) is 0 Å². The quantitative estimate of drug-likeness (QED) is 0.677. The Hall–Kier alpha value is -1.90. The summed E-state index contributed by atoms with van der Waals surface area (Å²) < 4.78 is 0. The summed E-state index contributed by atoms with van der Waals surface area (Å²) in [7, 11) is 0. The van der Waals surface area contributed by atoms with E-state index in [1.807, 2.05) is 30.3 Å². The van der Waals surface area contributed by atoms with Gasteiger partial charge in [-0.2, -0.15) is 0 Å². The van der Waals surface area contributed by atoms with E-state index in [2.05, 4.69) is 10.3 Å². The van der Waals surface area contributed by atoms with Crippen molar-refractivity contribution in [3.05, 3.63) is 36.0 Å². The Balaban J connectivity index is 2.31. The van der Waals surface area contributed by atoms with Crippen LogP contribution >= 0.6 is 0 Å². The molecule has 1 aromatic carbocycles. The number of para-hydroxylation sites is 1. The summed E-state index contributed by atoms with van der Waals surface area (Å²) >= 11 is 0. The minimum atomic E-state index is 0.0304. The lowest BCUT2D eigenvalue weighted by Gasteiger charge is -2.00. The lowest BCUT2D eigenvalue weighted by atomic mass is 10.2. The summed E-state index contributed by atoms with van der Waals surface area (Å²) in [6.07, 6.45) is 0.403. The van der Waals surface area contributed by atoms with Crippen LogP contribution in [0.5, 0.6) is 0 Å². The summed E-state index contributed by atoms with van der Waals surface area (Å²) in [6, 6.07) is 9.84. The number of nitrogens with zero attached hydrogens (tertiary/aromatic N) is 1. The number of fused-ring (bicyclic) bond motifs is 2. The maximum atomic E-state index is 11.1. The first-order valence-electron chi connectivity index (χ1n) is 4.51.